The first-order chi connectivity index (χ1) is 10.6. The van der Waals surface area contributed by atoms with Gasteiger partial charge in [-0.25, -0.2) is 4.79 Å². The third-order valence-electron chi connectivity index (χ3n) is 3.80. The lowest BCUT2D eigenvalue weighted by molar-refractivity contribution is -0.129. The van der Waals surface area contributed by atoms with E-state index < -0.39 is 0 Å². The van der Waals surface area contributed by atoms with E-state index in [-0.39, 0.29) is 18.0 Å². The maximum atomic E-state index is 11.9. The molecular weight excluding hydrogens is 346 g/mol. The van der Waals surface area contributed by atoms with Gasteiger partial charge in [0.2, 0.25) is 5.91 Å². The van der Waals surface area contributed by atoms with Gasteiger partial charge in [0, 0.05) is 30.5 Å². The lowest BCUT2D eigenvalue weighted by atomic mass is 10.1. The molecule has 1 fully saturated rings. The van der Waals surface area contributed by atoms with E-state index in [1.54, 1.807) is 0 Å². The van der Waals surface area contributed by atoms with Crippen LogP contribution in [0, 0.1) is 0 Å². The van der Waals surface area contributed by atoms with Crippen LogP contribution in [0.2, 0.25) is 0 Å². The van der Waals surface area contributed by atoms with E-state index in [1.807, 2.05) is 36.1 Å². The van der Waals surface area contributed by atoms with Crippen molar-refractivity contribution in [1.29, 1.82) is 0 Å². The third-order valence-corrected chi connectivity index (χ3v) is 4.33. The van der Waals surface area contributed by atoms with Gasteiger partial charge in [-0.3, -0.25) is 4.79 Å². The molecule has 1 atom stereocenters. The number of urea groups is 1. The van der Waals surface area contributed by atoms with E-state index >= 15 is 0 Å². The molecule has 0 saturated carbocycles. The zero-order valence-electron chi connectivity index (χ0n) is 12.8. The number of carbonyl (C=O) groups is 2. The number of carbonyl (C=O) groups excluding carboxylic acids is 2. The Balaban J connectivity index is 1.68. The van der Waals surface area contributed by atoms with Gasteiger partial charge >= 0.3 is 6.03 Å². The highest BCUT2D eigenvalue weighted by atomic mass is 79.9. The average molecular weight is 368 g/mol. The molecule has 2 N–H and O–H groups in total. The third kappa shape index (κ3) is 5.02. The van der Waals surface area contributed by atoms with Crippen LogP contribution in [-0.4, -0.2) is 36.5 Å². The van der Waals surface area contributed by atoms with Gasteiger partial charge in [0.1, 0.15) is 0 Å². The van der Waals surface area contributed by atoms with Crippen molar-refractivity contribution in [3.8, 4) is 0 Å². The Kier molecular flexibility index (Phi) is 6.24. The molecule has 0 bridgehead atoms. The summed E-state index contributed by atoms with van der Waals surface area (Å²) in [4.78, 5) is 25.6. The minimum atomic E-state index is -0.246. The van der Waals surface area contributed by atoms with E-state index in [0.717, 1.165) is 36.0 Å². The summed E-state index contributed by atoms with van der Waals surface area (Å²) in [5, 5.41) is 5.61. The molecule has 1 unspecified atom stereocenters. The maximum absolute atomic E-state index is 11.9. The molecule has 1 aliphatic rings. The number of nitrogens with zero attached hydrogens (tertiary/aromatic N) is 1. The molecule has 2 rings (SSSR count). The first-order valence-electron chi connectivity index (χ1n) is 7.64. The van der Waals surface area contributed by atoms with Gasteiger partial charge < -0.3 is 15.5 Å². The molecule has 1 saturated heterocycles. The number of likely N-dealkylation sites (tertiary alicyclic amines) is 1. The molecule has 22 heavy (non-hydrogen) atoms. The largest absolute Gasteiger partial charge is 0.343 e. The van der Waals surface area contributed by atoms with Gasteiger partial charge in [-0.05, 0) is 37.5 Å². The maximum Gasteiger partial charge on any atom is 0.315 e. The lowest BCUT2D eigenvalue weighted by Crippen LogP contribution is -2.39. The lowest BCUT2D eigenvalue weighted by Gasteiger charge is -2.17. The Hall–Kier alpha value is -1.56. The van der Waals surface area contributed by atoms with Crippen molar-refractivity contribution in [2.45, 2.75) is 32.2 Å². The zero-order valence-corrected chi connectivity index (χ0v) is 14.4. The van der Waals surface area contributed by atoms with Gasteiger partial charge in [-0.15, -0.1) is 0 Å². The van der Waals surface area contributed by atoms with Gasteiger partial charge in [-0.1, -0.05) is 28.1 Å². The average Bonchev–Trinajstić information content (AvgIpc) is 3.02. The fourth-order valence-electron chi connectivity index (χ4n) is 2.49. The highest BCUT2D eigenvalue weighted by Crippen LogP contribution is 2.16. The predicted molar refractivity (Wildman–Crippen MR) is 89.5 cm³/mol. The van der Waals surface area contributed by atoms with Crippen LogP contribution in [0.25, 0.3) is 0 Å². The van der Waals surface area contributed by atoms with Crippen LogP contribution in [0.3, 0.4) is 0 Å². The number of hydrogen-bond donors (Lipinski definition) is 2. The first-order valence-corrected chi connectivity index (χ1v) is 8.43. The number of amides is 3. The summed E-state index contributed by atoms with van der Waals surface area (Å²) < 4.78 is 1.01. The van der Waals surface area contributed by atoms with Crippen molar-refractivity contribution in [3.05, 3.63) is 34.3 Å². The Labute approximate surface area is 139 Å². The number of halogens is 1. The minimum absolute atomic E-state index is 0.0811. The van der Waals surface area contributed by atoms with Crippen molar-refractivity contribution >= 4 is 27.9 Å². The summed E-state index contributed by atoms with van der Waals surface area (Å²) in [5.41, 5.74) is 1.03. The summed E-state index contributed by atoms with van der Waals surface area (Å²) in [5.74, 6) is 0.124. The van der Waals surface area contributed by atoms with Gasteiger partial charge in [0.15, 0.2) is 0 Å². The highest BCUT2D eigenvalue weighted by Gasteiger charge is 2.17. The number of nitrogens with one attached hydrogen (secondary N) is 2. The molecule has 3 amide bonds. The molecule has 0 aromatic heterocycles. The second kappa shape index (κ2) is 8.17. The van der Waals surface area contributed by atoms with E-state index in [9.17, 15) is 9.59 Å². The molecule has 0 radical (unpaired) electrons. The minimum Gasteiger partial charge on any atom is -0.343 e. The molecule has 120 valence electrons. The molecule has 1 aromatic carbocycles. The summed E-state index contributed by atoms with van der Waals surface area (Å²) in [6, 6.07) is 7.49. The first kappa shape index (κ1) is 16.8. The van der Waals surface area contributed by atoms with Gasteiger partial charge in [-0.2, -0.15) is 0 Å². The van der Waals surface area contributed by atoms with Crippen molar-refractivity contribution in [3.63, 3.8) is 0 Å². The van der Waals surface area contributed by atoms with Crippen LogP contribution in [0.4, 0.5) is 4.79 Å². The van der Waals surface area contributed by atoms with Crippen LogP contribution >= 0.6 is 15.9 Å². The second-order valence-corrected chi connectivity index (χ2v) is 6.43. The smallest absolute Gasteiger partial charge is 0.315 e. The molecule has 0 spiro atoms. The molecule has 1 heterocycles. The van der Waals surface area contributed by atoms with Crippen molar-refractivity contribution in [2.75, 3.05) is 19.6 Å². The summed E-state index contributed by atoms with van der Waals surface area (Å²) in [7, 11) is 0. The Morgan fingerprint density at radius 2 is 1.86 bits per heavy atom. The molecule has 6 heteroatoms. The van der Waals surface area contributed by atoms with Crippen LogP contribution in [0.5, 0.6) is 0 Å². The molecule has 0 aliphatic carbocycles. The fraction of sp³-hybridized carbons (Fsp3) is 0.500. The predicted octanol–water partition coefficient (Wildman–Crippen LogP) is 2.82. The fourth-order valence-corrected chi connectivity index (χ4v) is 2.75. The molecular formula is C16H22BrN3O2. The second-order valence-electron chi connectivity index (χ2n) is 5.51. The van der Waals surface area contributed by atoms with Crippen LogP contribution in [0.15, 0.2) is 28.7 Å². The van der Waals surface area contributed by atoms with Crippen LogP contribution in [0.1, 0.15) is 37.8 Å². The van der Waals surface area contributed by atoms with E-state index in [4.69, 9.17) is 0 Å². The topological polar surface area (TPSA) is 61.4 Å². The van der Waals surface area contributed by atoms with E-state index in [0.29, 0.717) is 13.0 Å². The zero-order chi connectivity index (χ0) is 15.9. The standard InChI is InChI=1S/C16H22BrN3O2/c1-12(13-4-6-14(17)7-5-13)19-16(22)18-9-8-15(21)20-10-2-3-11-20/h4-7,12H,2-3,8-11H2,1H3,(H2,18,19,22). The van der Waals surface area contributed by atoms with Crippen molar-refractivity contribution < 1.29 is 9.59 Å². The van der Waals surface area contributed by atoms with E-state index in [1.165, 1.54) is 0 Å². The Morgan fingerprint density at radius 3 is 2.50 bits per heavy atom. The van der Waals surface area contributed by atoms with Gasteiger partial charge in [0.05, 0.1) is 6.04 Å². The van der Waals surface area contributed by atoms with E-state index in [2.05, 4.69) is 26.6 Å². The molecule has 5 nitrogen and oxygen atoms in total. The monoisotopic (exact) mass is 367 g/mol. The Morgan fingerprint density at radius 1 is 1.23 bits per heavy atom. The molecule has 1 aliphatic heterocycles. The highest BCUT2D eigenvalue weighted by molar-refractivity contribution is 9.10. The normalized spacial score (nSPS) is 15.5. The number of benzene rings is 1. The number of hydrogen-bond acceptors (Lipinski definition) is 2. The SMILES string of the molecule is CC(NC(=O)NCCC(=O)N1CCCC1)c1ccc(Br)cc1. The van der Waals surface area contributed by atoms with Crippen molar-refractivity contribution in [2.24, 2.45) is 0 Å². The summed E-state index contributed by atoms with van der Waals surface area (Å²) >= 11 is 3.39. The van der Waals surface area contributed by atoms with Gasteiger partial charge in [0.25, 0.3) is 0 Å². The van der Waals surface area contributed by atoms with Crippen LogP contribution in [-0.2, 0) is 4.79 Å². The Bertz CT molecular complexity index is 513. The van der Waals surface area contributed by atoms with Crippen LogP contribution < -0.4 is 10.6 Å². The molecule has 1 aromatic rings. The quantitative estimate of drug-likeness (QED) is 0.840. The summed E-state index contributed by atoms with van der Waals surface area (Å²) in [6.07, 6.45) is 2.54. The number of rotatable bonds is 5. The van der Waals surface area contributed by atoms with Crippen molar-refractivity contribution in [1.82, 2.24) is 15.5 Å². The summed E-state index contributed by atoms with van der Waals surface area (Å²) in [6.45, 7) is 4.00.